The van der Waals surface area contributed by atoms with E-state index in [1.165, 1.54) is 49.4 Å². The summed E-state index contributed by atoms with van der Waals surface area (Å²) in [6.07, 6.45) is -4.67. The van der Waals surface area contributed by atoms with Gasteiger partial charge in [-0.15, -0.1) is 0 Å². The van der Waals surface area contributed by atoms with Crippen molar-refractivity contribution in [2.24, 2.45) is 0 Å². The van der Waals surface area contributed by atoms with E-state index in [0.717, 1.165) is 6.07 Å². The molecule has 0 aliphatic carbocycles. The van der Waals surface area contributed by atoms with E-state index < -0.39 is 52.0 Å². The molecule has 0 fully saturated rings. The SMILES string of the molecule is BC(B)(c1ccc(Cl)cc1C(F)(F)F)c1cc2cc(C(=O)N[C@@H](CO)c3ccc(S(=O)(=O)CC)cc3)ccc2n1CCF. The quantitative estimate of drug-likeness (QED) is 0.204. The fourth-order valence-corrected chi connectivity index (χ4v) is 6.30. The number of nitrogens with zero attached hydrogens (tertiary/aromatic N) is 1. The van der Waals surface area contributed by atoms with Crippen molar-refractivity contribution in [1.29, 1.82) is 0 Å². The van der Waals surface area contributed by atoms with E-state index in [0.29, 0.717) is 22.2 Å². The molecule has 3 aromatic carbocycles. The number of aliphatic hydroxyl groups excluding tert-OH is 1. The van der Waals surface area contributed by atoms with Crippen molar-refractivity contribution in [2.45, 2.75) is 35.8 Å². The molecule has 1 atom stereocenters. The molecule has 0 unspecified atom stereocenters. The lowest BCUT2D eigenvalue weighted by molar-refractivity contribution is -0.138. The van der Waals surface area contributed by atoms with Gasteiger partial charge in [-0.05, 0) is 64.9 Å². The number of alkyl halides is 4. The number of halogens is 5. The molecule has 1 heterocycles. The standard InChI is InChI=1S/C29H29B2ClF4N2O4S/c1-2-43(41,42)21-7-3-17(4-8-21)24(16-39)37-27(40)18-5-10-25-19(13-18)14-26(38(25)12-11-33)28(30,31)22-9-6-20(32)15-23(22)29(34,35)36/h3-10,13-15,24,39H,2,11-12,16,30-31H2,1H3,(H,37,40)/t24-/m0/s1. The summed E-state index contributed by atoms with van der Waals surface area (Å²) in [6, 6.07) is 14.9. The Morgan fingerprint density at radius 1 is 1.02 bits per heavy atom. The molecule has 226 valence electrons. The van der Waals surface area contributed by atoms with Gasteiger partial charge in [0.15, 0.2) is 9.84 Å². The Morgan fingerprint density at radius 2 is 1.70 bits per heavy atom. The predicted octanol–water partition coefficient (Wildman–Crippen LogP) is 4.01. The Balaban J connectivity index is 1.70. The first-order chi connectivity index (χ1) is 20.1. The number of rotatable bonds is 10. The van der Waals surface area contributed by atoms with E-state index in [-0.39, 0.29) is 33.3 Å². The van der Waals surface area contributed by atoms with Crippen LogP contribution < -0.4 is 5.32 Å². The number of amides is 1. The molecule has 43 heavy (non-hydrogen) atoms. The minimum atomic E-state index is -4.67. The molecule has 4 aromatic rings. The molecular weight excluding hydrogens is 605 g/mol. The molecule has 4 rings (SSSR count). The molecule has 2 N–H and O–H groups in total. The second-order valence-corrected chi connectivity index (χ2v) is 13.4. The van der Waals surface area contributed by atoms with Gasteiger partial charge in [-0.2, -0.15) is 13.2 Å². The second-order valence-electron chi connectivity index (χ2n) is 10.6. The van der Waals surface area contributed by atoms with E-state index in [9.17, 15) is 35.9 Å². The maximum absolute atomic E-state index is 14.0. The summed E-state index contributed by atoms with van der Waals surface area (Å²) >= 11 is 5.90. The lowest BCUT2D eigenvalue weighted by atomic mass is 9.48. The Kier molecular flexibility index (Phi) is 9.39. The summed E-state index contributed by atoms with van der Waals surface area (Å²) < 4.78 is 81.5. The summed E-state index contributed by atoms with van der Waals surface area (Å²) in [5, 5.41) is 11.9. The van der Waals surface area contributed by atoms with Crippen LogP contribution in [-0.2, 0) is 27.8 Å². The highest BCUT2D eigenvalue weighted by Crippen LogP contribution is 2.41. The lowest BCUT2D eigenvalue weighted by Gasteiger charge is -2.30. The van der Waals surface area contributed by atoms with E-state index in [1.54, 1.807) is 38.5 Å². The molecular formula is C29H29B2ClF4N2O4S. The summed E-state index contributed by atoms with van der Waals surface area (Å²) in [4.78, 5) is 13.3. The van der Waals surface area contributed by atoms with Gasteiger partial charge in [0.05, 0.1) is 35.4 Å². The molecule has 0 aliphatic heterocycles. The number of hydrogen-bond acceptors (Lipinski definition) is 4. The van der Waals surface area contributed by atoms with E-state index in [1.807, 2.05) is 0 Å². The van der Waals surface area contributed by atoms with Crippen molar-refractivity contribution < 1.29 is 35.9 Å². The van der Waals surface area contributed by atoms with Crippen molar-refractivity contribution in [3.05, 3.63) is 99.7 Å². The van der Waals surface area contributed by atoms with Crippen LogP contribution in [0.2, 0.25) is 5.02 Å². The molecule has 0 saturated heterocycles. The first-order valence-corrected chi connectivity index (χ1v) is 15.5. The number of carbonyl (C=O) groups excluding carboxylic acids is 1. The van der Waals surface area contributed by atoms with Gasteiger partial charge < -0.3 is 15.0 Å². The minimum Gasteiger partial charge on any atom is -0.394 e. The lowest BCUT2D eigenvalue weighted by Crippen LogP contribution is -2.34. The average molecular weight is 635 g/mol. The molecule has 6 nitrogen and oxygen atoms in total. The van der Waals surface area contributed by atoms with E-state index in [2.05, 4.69) is 5.32 Å². The number of benzene rings is 3. The van der Waals surface area contributed by atoms with Crippen LogP contribution in [0.1, 0.15) is 45.7 Å². The van der Waals surface area contributed by atoms with Gasteiger partial charge in [0, 0.05) is 27.2 Å². The third-order valence-electron chi connectivity index (χ3n) is 7.58. The summed E-state index contributed by atoms with van der Waals surface area (Å²) in [5.74, 6) is -0.605. The molecule has 1 amide bonds. The van der Waals surface area contributed by atoms with Gasteiger partial charge in [-0.25, -0.2) is 12.8 Å². The fraction of sp³-hybridized carbons (Fsp3) is 0.276. The highest BCUT2D eigenvalue weighted by Gasteiger charge is 2.39. The van der Waals surface area contributed by atoms with Crippen LogP contribution in [0.3, 0.4) is 0 Å². The van der Waals surface area contributed by atoms with E-state index >= 15 is 0 Å². The van der Waals surface area contributed by atoms with Crippen molar-refractivity contribution in [1.82, 2.24) is 9.88 Å². The van der Waals surface area contributed by atoms with Gasteiger partial charge in [-0.3, -0.25) is 4.79 Å². The van der Waals surface area contributed by atoms with Crippen LogP contribution in [0, 0.1) is 0 Å². The molecule has 0 saturated carbocycles. The minimum absolute atomic E-state index is 0.0335. The van der Waals surface area contributed by atoms with Crippen molar-refractivity contribution in [2.75, 3.05) is 19.0 Å². The number of aryl methyl sites for hydroxylation is 1. The van der Waals surface area contributed by atoms with Gasteiger partial charge in [0.25, 0.3) is 5.91 Å². The second kappa shape index (κ2) is 12.4. The number of nitrogens with one attached hydrogen (secondary N) is 1. The van der Waals surface area contributed by atoms with Gasteiger partial charge in [0.2, 0.25) is 0 Å². The number of hydrogen-bond donors (Lipinski definition) is 2. The summed E-state index contributed by atoms with van der Waals surface area (Å²) in [5.41, 5.74) is 0.729. The van der Waals surface area contributed by atoms with Crippen LogP contribution in [-0.4, -0.2) is 58.7 Å². The van der Waals surface area contributed by atoms with Gasteiger partial charge in [0.1, 0.15) is 22.4 Å². The molecule has 14 heteroatoms. The number of sulfone groups is 1. The Hall–Kier alpha value is -3.28. The van der Waals surface area contributed by atoms with E-state index in [4.69, 9.17) is 11.6 Å². The Labute approximate surface area is 253 Å². The molecule has 1 aromatic heterocycles. The molecule has 0 spiro atoms. The number of carbonyl (C=O) groups is 1. The zero-order valence-electron chi connectivity index (χ0n) is 23.7. The third kappa shape index (κ3) is 6.63. The third-order valence-corrected chi connectivity index (χ3v) is 9.57. The smallest absolute Gasteiger partial charge is 0.394 e. The fourth-order valence-electron chi connectivity index (χ4n) is 5.24. The molecule has 0 bridgehead atoms. The van der Waals surface area contributed by atoms with Crippen LogP contribution in [0.5, 0.6) is 0 Å². The topological polar surface area (TPSA) is 88.4 Å². The largest absolute Gasteiger partial charge is 0.416 e. The maximum atomic E-state index is 14.0. The maximum Gasteiger partial charge on any atom is 0.416 e. The zero-order chi connectivity index (χ0) is 31.7. The summed E-state index contributed by atoms with van der Waals surface area (Å²) in [6.45, 7) is 0.198. The Bertz CT molecular complexity index is 1760. The van der Waals surface area contributed by atoms with Crippen molar-refractivity contribution in [3.8, 4) is 0 Å². The first-order valence-electron chi connectivity index (χ1n) is 13.5. The number of fused-ring (bicyclic) bond motifs is 1. The van der Waals surface area contributed by atoms with Crippen LogP contribution in [0.4, 0.5) is 17.6 Å². The van der Waals surface area contributed by atoms with Crippen LogP contribution >= 0.6 is 11.6 Å². The van der Waals surface area contributed by atoms with Crippen LogP contribution in [0.15, 0.2) is 71.6 Å². The normalized spacial score (nSPS) is 13.3. The van der Waals surface area contributed by atoms with Crippen LogP contribution in [0.25, 0.3) is 10.9 Å². The number of aromatic nitrogens is 1. The highest BCUT2D eigenvalue weighted by atomic mass is 35.5. The van der Waals surface area contributed by atoms with Crippen molar-refractivity contribution >= 4 is 53.9 Å². The molecule has 0 radical (unpaired) electrons. The zero-order valence-corrected chi connectivity index (χ0v) is 25.2. The summed E-state index contributed by atoms with van der Waals surface area (Å²) in [7, 11) is -0.185. The predicted molar refractivity (Wildman–Crippen MR) is 164 cm³/mol. The highest BCUT2D eigenvalue weighted by molar-refractivity contribution is 7.91. The number of aliphatic hydroxyl groups is 1. The monoisotopic (exact) mass is 634 g/mol. The van der Waals surface area contributed by atoms with Crippen molar-refractivity contribution in [3.63, 3.8) is 0 Å². The molecule has 0 aliphatic rings. The van der Waals surface area contributed by atoms with Gasteiger partial charge >= 0.3 is 6.18 Å². The van der Waals surface area contributed by atoms with Gasteiger partial charge in [-0.1, -0.05) is 36.7 Å². The average Bonchev–Trinajstić information content (AvgIpc) is 3.34. The Morgan fingerprint density at radius 3 is 2.28 bits per heavy atom. The first kappa shape index (κ1) is 32.6.